The normalized spacial score (nSPS) is 11.9. The Bertz CT molecular complexity index is 387. The van der Waals surface area contributed by atoms with Crippen LogP contribution in [0.1, 0.15) is 12.5 Å². The Hall–Kier alpha value is -1.88. The first kappa shape index (κ1) is 12.2. The molecule has 0 spiro atoms. The minimum absolute atomic E-state index is 0.0623. The average Bonchev–Trinajstić information content (AvgIpc) is 2.20. The molecule has 0 unspecified atom stereocenters. The Morgan fingerprint density at radius 3 is 2.38 bits per heavy atom. The van der Waals surface area contributed by atoms with Crippen LogP contribution in [-0.4, -0.2) is 23.0 Å². The summed E-state index contributed by atoms with van der Waals surface area (Å²) in [6, 6.07) is 6.26. The highest BCUT2D eigenvalue weighted by molar-refractivity contribution is 5.83. The molecular weight excluding hydrogens is 208 g/mol. The fourth-order valence-electron chi connectivity index (χ4n) is 1.25. The maximum Gasteiger partial charge on any atom is 0.409 e. The number of carbonyl (C=O) groups is 2. The van der Waals surface area contributed by atoms with Crippen molar-refractivity contribution in [2.24, 2.45) is 5.73 Å². The van der Waals surface area contributed by atoms with Crippen LogP contribution in [0.25, 0.3) is 0 Å². The minimum atomic E-state index is -1.10. The summed E-state index contributed by atoms with van der Waals surface area (Å²) in [6.07, 6.45) is -0.643. The number of nitrogens with one attached hydrogen (secondary N) is 1. The molecule has 86 valence electrons. The molecule has 0 radical (unpaired) electrons. The molecule has 1 amide bonds. The molecule has 0 aliphatic heterocycles. The van der Waals surface area contributed by atoms with Crippen molar-refractivity contribution in [2.75, 3.05) is 5.32 Å². The number of benzene rings is 1. The minimum Gasteiger partial charge on any atom is -0.465 e. The molecule has 0 aromatic heterocycles. The van der Waals surface area contributed by atoms with Crippen LogP contribution in [-0.2, 0) is 11.2 Å². The predicted octanol–water partition coefficient (Wildman–Crippen LogP) is 1.24. The van der Waals surface area contributed by atoms with E-state index in [1.807, 2.05) is 0 Å². The number of rotatable bonds is 4. The summed E-state index contributed by atoms with van der Waals surface area (Å²) in [5.41, 5.74) is 7.00. The topological polar surface area (TPSA) is 92.4 Å². The fraction of sp³-hybridized carbons (Fsp3) is 0.273. The van der Waals surface area contributed by atoms with E-state index in [9.17, 15) is 9.59 Å². The van der Waals surface area contributed by atoms with Gasteiger partial charge in [0.05, 0.1) is 6.04 Å². The molecule has 4 N–H and O–H groups in total. The molecule has 5 heteroatoms. The Morgan fingerprint density at radius 2 is 1.94 bits per heavy atom. The Balaban J connectivity index is 2.64. The highest BCUT2D eigenvalue weighted by Gasteiger charge is 2.08. The first-order chi connectivity index (χ1) is 7.49. The highest BCUT2D eigenvalue weighted by atomic mass is 16.4. The number of anilines is 1. The van der Waals surface area contributed by atoms with Crippen LogP contribution >= 0.6 is 0 Å². The SMILES string of the molecule is CC(=O)[C@@H](N)Cc1ccc(NC(=O)O)cc1. The van der Waals surface area contributed by atoms with E-state index in [4.69, 9.17) is 10.8 Å². The van der Waals surface area contributed by atoms with E-state index in [0.717, 1.165) is 5.56 Å². The lowest BCUT2D eigenvalue weighted by Crippen LogP contribution is -2.30. The summed E-state index contributed by atoms with van der Waals surface area (Å²) in [7, 11) is 0. The second-order valence-electron chi connectivity index (χ2n) is 3.55. The number of carboxylic acid groups (broad SMARTS) is 1. The van der Waals surface area contributed by atoms with Crippen LogP contribution in [0, 0.1) is 0 Å². The third-order valence-corrected chi connectivity index (χ3v) is 2.18. The monoisotopic (exact) mass is 222 g/mol. The fourth-order valence-corrected chi connectivity index (χ4v) is 1.25. The van der Waals surface area contributed by atoms with E-state index < -0.39 is 12.1 Å². The summed E-state index contributed by atoms with van der Waals surface area (Å²) in [6.45, 7) is 1.45. The number of nitrogens with two attached hydrogens (primary N) is 1. The summed E-state index contributed by atoms with van der Waals surface area (Å²) in [4.78, 5) is 21.3. The summed E-state index contributed by atoms with van der Waals surface area (Å²) in [5, 5.41) is 10.7. The van der Waals surface area contributed by atoms with E-state index in [-0.39, 0.29) is 5.78 Å². The van der Waals surface area contributed by atoms with Gasteiger partial charge in [-0.25, -0.2) is 4.79 Å². The van der Waals surface area contributed by atoms with Gasteiger partial charge in [0.15, 0.2) is 0 Å². The second-order valence-corrected chi connectivity index (χ2v) is 3.55. The van der Waals surface area contributed by atoms with Gasteiger partial charge in [-0.15, -0.1) is 0 Å². The Kier molecular flexibility index (Phi) is 4.02. The molecule has 0 saturated carbocycles. The average molecular weight is 222 g/mol. The lowest BCUT2D eigenvalue weighted by molar-refractivity contribution is -0.118. The molecule has 0 aliphatic rings. The molecule has 0 heterocycles. The number of carbonyl (C=O) groups excluding carboxylic acids is 1. The first-order valence-corrected chi connectivity index (χ1v) is 4.84. The van der Waals surface area contributed by atoms with Gasteiger partial charge in [0.2, 0.25) is 0 Å². The van der Waals surface area contributed by atoms with Gasteiger partial charge in [-0.3, -0.25) is 10.1 Å². The van der Waals surface area contributed by atoms with Crippen molar-refractivity contribution < 1.29 is 14.7 Å². The van der Waals surface area contributed by atoms with Crippen LogP contribution in [0.15, 0.2) is 24.3 Å². The van der Waals surface area contributed by atoms with Gasteiger partial charge < -0.3 is 10.8 Å². The number of Topliss-reactive ketones (excluding diaryl/α,β-unsaturated/α-hetero) is 1. The molecule has 0 bridgehead atoms. The lowest BCUT2D eigenvalue weighted by atomic mass is 10.0. The van der Waals surface area contributed by atoms with Crippen molar-refractivity contribution in [3.05, 3.63) is 29.8 Å². The van der Waals surface area contributed by atoms with E-state index >= 15 is 0 Å². The van der Waals surface area contributed by atoms with Crippen molar-refractivity contribution >= 4 is 17.6 Å². The second kappa shape index (κ2) is 5.27. The predicted molar refractivity (Wildman–Crippen MR) is 60.4 cm³/mol. The number of hydrogen-bond acceptors (Lipinski definition) is 3. The smallest absolute Gasteiger partial charge is 0.409 e. The van der Waals surface area contributed by atoms with Gasteiger partial charge in [0.1, 0.15) is 5.78 Å². The summed E-state index contributed by atoms with van der Waals surface area (Å²) < 4.78 is 0. The summed E-state index contributed by atoms with van der Waals surface area (Å²) >= 11 is 0. The van der Waals surface area contributed by atoms with Crippen LogP contribution in [0.2, 0.25) is 0 Å². The molecule has 0 saturated heterocycles. The molecule has 1 aromatic rings. The molecule has 1 atom stereocenters. The molecule has 0 aliphatic carbocycles. The van der Waals surface area contributed by atoms with Crippen LogP contribution in [0.3, 0.4) is 0 Å². The Morgan fingerprint density at radius 1 is 1.38 bits per heavy atom. The van der Waals surface area contributed by atoms with Crippen molar-refractivity contribution in [3.8, 4) is 0 Å². The first-order valence-electron chi connectivity index (χ1n) is 4.84. The quantitative estimate of drug-likeness (QED) is 0.714. The van der Waals surface area contributed by atoms with Crippen molar-refractivity contribution in [3.63, 3.8) is 0 Å². The largest absolute Gasteiger partial charge is 0.465 e. The third kappa shape index (κ3) is 3.70. The van der Waals surface area contributed by atoms with Crippen molar-refractivity contribution in [1.29, 1.82) is 0 Å². The van der Waals surface area contributed by atoms with E-state index in [2.05, 4.69) is 5.32 Å². The maximum atomic E-state index is 10.9. The number of amides is 1. The molecule has 5 nitrogen and oxygen atoms in total. The van der Waals surface area contributed by atoms with Gasteiger partial charge in [0.25, 0.3) is 0 Å². The maximum absolute atomic E-state index is 10.9. The van der Waals surface area contributed by atoms with Crippen LogP contribution in [0.5, 0.6) is 0 Å². The summed E-state index contributed by atoms with van der Waals surface area (Å²) in [5.74, 6) is -0.0623. The van der Waals surface area contributed by atoms with Gasteiger partial charge in [0, 0.05) is 5.69 Å². The number of hydrogen-bond donors (Lipinski definition) is 3. The van der Waals surface area contributed by atoms with E-state index in [1.54, 1.807) is 24.3 Å². The van der Waals surface area contributed by atoms with Crippen LogP contribution in [0.4, 0.5) is 10.5 Å². The van der Waals surface area contributed by atoms with Crippen molar-refractivity contribution in [1.82, 2.24) is 0 Å². The van der Waals surface area contributed by atoms with E-state index in [0.29, 0.717) is 12.1 Å². The Labute approximate surface area is 93.3 Å². The molecular formula is C11H14N2O3. The lowest BCUT2D eigenvalue weighted by Gasteiger charge is -2.08. The molecule has 1 rings (SSSR count). The zero-order valence-electron chi connectivity index (χ0n) is 8.93. The van der Waals surface area contributed by atoms with Gasteiger partial charge in [-0.1, -0.05) is 12.1 Å². The van der Waals surface area contributed by atoms with Gasteiger partial charge >= 0.3 is 6.09 Å². The molecule has 16 heavy (non-hydrogen) atoms. The van der Waals surface area contributed by atoms with Crippen molar-refractivity contribution in [2.45, 2.75) is 19.4 Å². The van der Waals surface area contributed by atoms with Crippen LogP contribution < -0.4 is 11.1 Å². The van der Waals surface area contributed by atoms with E-state index in [1.165, 1.54) is 6.92 Å². The standard InChI is InChI=1S/C11H14N2O3/c1-7(14)10(12)6-8-2-4-9(5-3-8)13-11(15)16/h2-5,10,13H,6,12H2,1H3,(H,15,16)/t10-/m0/s1. The van der Waals surface area contributed by atoms with Gasteiger partial charge in [-0.05, 0) is 31.0 Å². The molecule has 1 aromatic carbocycles. The molecule has 0 fully saturated rings. The van der Waals surface area contributed by atoms with Gasteiger partial charge in [-0.2, -0.15) is 0 Å². The third-order valence-electron chi connectivity index (χ3n) is 2.18. The number of ketones is 1. The zero-order valence-corrected chi connectivity index (χ0v) is 8.93. The highest BCUT2D eigenvalue weighted by Crippen LogP contribution is 2.10. The zero-order chi connectivity index (χ0) is 12.1.